The monoisotopic (exact) mass is 202 g/mol. The summed E-state index contributed by atoms with van der Waals surface area (Å²) < 4.78 is 0. The van der Waals surface area contributed by atoms with E-state index in [0.29, 0.717) is 0 Å². The number of rotatable bonds is 6. The van der Waals surface area contributed by atoms with E-state index < -0.39 is 0 Å². The summed E-state index contributed by atoms with van der Waals surface area (Å²) in [6.07, 6.45) is 8.62. The quantitative estimate of drug-likeness (QED) is 0.461. The molecule has 1 aromatic rings. The number of unbranched alkanes of at least 4 members (excludes halogenated alkanes) is 1. The van der Waals surface area contributed by atoms with E-state index in [1.165, 1.54) is 37.7 Å². The molecule has 0 aliphatic rings. The van der Waals surface area contributed by atoms with E-state index in [-0.39, 0.29) is 0 Å². The fraction of sp³-hybridized carbons (Fsp3) is 0.467. The van der Waals surface area contributed by atoms with Crippen LogP contribution >= 0.6 is 0 Å². The molecular formula is C15H22. The molecule has 0 saturated carbocycles. The van der Waals surface area contributed by atoms with Crippen molar-refractivity contribution in [1.29, 1.82) is 0 Å². The SMILES string of the molecule is CC/C=C(\C)CCCCc1ccccc1. The minimum absolute atomic E-state index is 1.17. The molecule has 0 spiro atoms. The van der Waals surface area contributed by atoms with E-state index in [9.17, 15) is 0 Å². The van der Waals surface area contributed by atoms with Crippen LogP contribution in [-0.2, 0) is 6.42 Å². The van der Waals surface area contributed by atoms with Gasteiger partial charge in [-0.2, -0.15) is 0 Å². The maximum absolute atomic E-state index is 2.34. The van der Waals surface area contributed by atoms with Crippen LogP contribution in [0.5, 0.6) is 0 Å². The molecule has 0 bridgehead atoms. The lowest BCUT2D eigenvalue weighted by Crippen LogP contribution is -1.86. The number of hydrogen-bond acceptors (Lipinski definition) is 0. The highest BCUT2D eigenvalue weighted by molar-refractivity contribution is 5.14. The third kappa shape index (κ3) is 5.41. The Kier molecular flexibility index (Phi) is 5.84. The average Bonchev–Trinajstić information content (AvgIpc) is 2.26. The van der Waals surface area contributed by atoms with E-state index in [2.05, 4.69) is 50.3 Å². The van der Waals surface area contributed by atoms with Gasteiger partial charge in [-0.25, -0.2) is 0 Å². The van der Waals surface area contributed by atoms with Gasteiger partial charge in [0.05, 0.1) is 0 Å². The molecule has 82 valence electrons. The van der Waals surface area contributed by atoms with Crippen molar-refractivity contribution in [1.82, 2.24) is 0 Å². The maximum Gasteiger partial charge on any atom is -0.0279 e. The van der Waals surface area contributed by atoms with Crippen LogP contribution in [0.25, 0.3) is 0 Å². The molecule has 0 nitrogen and oxygen atoms in total. The molecule has 0 amide bonds. The standard InChI is InChI=1S/C15H22/c1-3-9-14(2)10-7-8-13-15-11-5-4-6-12-15/h4-6,9,11-12H,3,7-8,10,13H2,1-2H3/b14-9+. The third-order valence-corrected chi connectivity index (χ3v) is 2.68. The molecule has 0 radical (unpaired) electrons. The van der Waals surface area contributed by atoms with Gasteiger partial charge in [-0.3, -0.25) is 0 Å². The molecular weight excluding hydrogens is 180 g/mol. The molecule has 0 heteroatoms. The summed E-state index contributed by atoms with van der Waals surface area (Å²) >= 11 is 0. The lowest BCUT2D eigenvalue weighted by atomic mass is 10.0. The molecule has 0 heterocycles. The Hall–Kier alpha value is -1.04. The molecule has 0 N–H and O–H groups in total. The normalized spacial score (nSPS) is 11.7. The van der Waals surface area contributed by atoms with Crippen LogP contribution in [-0.4, -0.2) is 0 Å². The molecule has 0 unspecified atom stereocenters. The fourth-order valence-corrected chi connectivity index (χ4v) is 1.83. The molecule has 0 aromatic heterocycles. The van der Waals surface area contributed by atoms with Gasteiger partial charge < -0.3 is 0 Å². The van der Waals surface area contributed by atoms with Gasteiger partial charge in [0.25, 0.3) is 0 Å². The van der Waals surface area contributed by atoms with Gasteiger partial charge in [-0.05, 0) is 44.6 Å². The Morgan fingerprint density at radius 2 is 1.87 bits per heavy atom. The molecule has 0 aliphatic carbocycles. The summed E-state index contributed by atoms with van der Waals surface area (Å²) in [7, 11) is 0. The highest BCUT2D eigenvalue weighted by Crippen LogP contribution is 2.10. The van der Waals surface area contributed by atoms with E-state index in [0.717, 1.165) is 0 Å². The van der Waals surface area contributed by atoms with Crippen molar-refractivity contribution < 1.29 is 0 Å². The molecule has 0 saturated heterocycles. The second-order valence-electron chi connectivity index (χ2n) is 4.15. The summed E-state index contributed by atoms with van der Waals surface area (Å²) in [5, 5.41) is 0. The second-order valence-corrected chi connectivity index (χ2v) is 4.15. The summed E-state index contributed by atoms with van der Waals surface area (Å²) in [5.74, 6) is 0. The maximum atomic E-state index is 2.34. The van der Waals surface area contributed by atoms with Crippen LogP contribution in [0.4, 0.5) is 0 Å². The number of allylic oxidation sites excluding steroid dienone is 2. The average molecular weight is 202 g/mol. The summed E-state index contributed by atoms with van der Waals surface area (Å²) in [6, 6.07) is 10.8. The number of hydrogen-bond donors (Lipinski definition) is 0. The Labute approximate surface area is 94.0 Å². The minimum atomic E-state index is 1.17. The van der Waals surface area contributed by atoms with Crippen LogP contribution < -0.4 is 0 Å². The highest BCUT2D eigenvalue weighted by Gasteiger charge is 1.93. The molecule has 1 aromatic carbocycles. The number of aryl methyl sites for hydroxylation is 1. The van der Waals surface area contributed by atoms with E-state index in [4.69, 9.17) is 0 Å². The zero-order valence-corrected chi connectivity index (χ0v) is 10.00. The molecule has 0 atom stereocenters. The van der Waals surface area contributed by atoms with Crippen molar-refractivity contribution in [2.24, 2.45) is 0 Å². The third-order valence-electron chi connectivity index (χ3n) is 2.68. The smallest absolute Gasteiger partial charge is 0.0279 e. The van der Waals surface area contributed by atoms with Gasteiger partial charge in [-0.15, -0.1) is 0 Å². The van der Waals surface area contributed by atoms with Gasteiger partial charge >= 0.3 is 0 Å². The van der Waals surface area contributed by atoms with Gasteiger partial charge in [0.2, 0.25) is 0 Å². The fourth-order valence-electron chi connectivity index (χ4n) is 1.83. The topological polar surface area (TPSA) is 0 Å². The summed E-state index contributed by atoms with van der Waals surface area (Å²) in [4.78, 5) is 0. The van der Waals surface area contributed by atoms with E-state index in [1.807, 2.05) is 0 Å². The van der Waals surface area contributed by atoms with Crippen molar-refractivity contribution in [3.8, 4) is 0 Å². The van der Waals surface area contributed by atoms with Gasteiger partial charge in [0, 0.05) is 0 Å². The first-order valence-electron chi connectivity index (χ1n) is 6.02. The van der Waals surface area contributed by atoms with Gasteiger partial charge in [0.15, 0.2) is 0 Å². The van der Waals surface area contributed by atoms with Crippen LogP contribution in [0, 0.1) is 0 Å². The van der Waals surface area contributed by atoms with Crippen molar-refractivity contribution in [3.05, 3.63) is 47.5 Å². The van der Waals surface area contributed by atoms with Crippen LogP contribution in [0.2, 0.25) is 0 Å². The predicted octanol–water partition coefficient (Wildman–Crippen LogP) is 4.76. The first kappa shape index (κ1) is 12.0. The summed E-state index contributed by atoms with van der Waals surface area (Å²) in [5.41, 5.74) is 3.01. The Morgan fingerprint density at radius 1 is 1.13 bits per heavy atom. The van der Waals surface area contributed by atoms with E-state index >= 15 is 0 Å². The zero-order valence-electron chi connectivity index (χ0n) is 10.00. The first-order valence-corrected chi connectivity index (χ1v) is 6.02. The van der Waals surface area contributed by atoms with Crippen molar-refractivity contribution >= 4 is 0 Å². The predicted molar refractivity (Wildman–Crippen MR) is 68.0 cm³/mol. The van der Waals surface area contributed by atoms with Gasteiger partial charge in [0.1, 0.15) is 0 Å². The number of benzene rings is 1. The van der Waals surface area contributed by atoms with Crippen molar-refractivity contribution in [2.75, 3.05) is 0 Å². The summed E-state index contributed by atoms with van der Waals surface area (Å²) in [6.45, 7) is 4.44. The van der Waals surface area contributed by atoms with Crippen LogP contribution in [0.15, 0.2) is 42.0 Å². The lowest BCUT2D eigenvalue weighted by Gasteiger charge is -2.02. The Balaban J connectivity index is 2.15. The zero-order chi connectivity index (χ0) is 10.9. The lowest BCUT2D eigenvalue weighted by molar-refractivity contribution is 0.727. The van der Waals surface area contributed by atoms with Crippen molar-refractivity contribution in [3.63, 3.8) is 0 Å². The molecule has 0 aliphatic heterocycles. The largest absolute Gasteiger partial charge is 0.0859 e. The second kappa shape index (κ2) is 7.28. The Bertz CT molecular complexity index is 282. The molecule has 1 rings (SSSR count). The van der Waals surface area contributed by atoms with Crippen LogP contribution in [0.3, 0.4) is 0 Å². The Morgan fingerprint density at radius 3 is 2.53 bits per heavy atom. The molecule has 0 fully saturated rings. The van der Waals surface area contributed by atoms with Crippen LogP contribution in [0.1, 0.15) is 45.1 Å². The van der Waals surface area contributed by atoms with E-state index in [1.54, 1.807) is 5.57 Å². The van der Waals surface area contributed by atoms with Crippen molar-refractivity contribution in [2.45, 2.75) is 46.0 Å². The molecule has 15 heavy (non-hydrogen) atoms. The highest BCUT2D eigenvalue weighted by atomic mass is 14.0. The van der Waals surface area contributed by atoms with Gasteiger partial charge in [-0.1, -0.05) is 48.9 Å². The minimum Gasteiger partial charge on any atom is -0.0859 e. The first-order chi connectivity index (χ1) is 7.33.